The second-order valence-electron chi connectivity index (χ2n) is 10.0. The zero-order chi connectivity index (χ0) is 25.3. The maximum absolute atomic E-state index is 9.32. The SMILES string of the molecule is C=CCC(CC#N)(CCc1ccc(C(C)c2cccc(C(C)Cc3ccccc3)c2)cc1C)NC. The summed E-state index contributed by atoms with van der Waals surface area (Å²) in [6.07, 6.45) is 6.12. The van der Waals surface area contributed by atoms with Gasteiger partial charge in [-0.05, 0) is 79.0 Å². The number of hydrogen-bond donors (Lipinski definition) is 1. The van der Waals surface area contributed by atoms with E-state index in [0.29, 0.717) is 18.3 Å². The van der Waals surface area contributed by atoms with Crippen molar-refractivity contribution in [1.82, 2.24) is 5.32 Å². The first-order valence-corrected chi connectivity index (χ1v) is 12.8. The van der Waals surface area contributed by atoms with Crippen molar-refractivity contribution in [3.8, 4) is 6.07 Å². The van der Waals surface area contributed by atoms with Gasteiger partial charge in [-0.15, -0.1) is 6.58 Å². The summed E-state index contributed by atoms with van der Waals surface area (Å²) in [4.78, 5) is 0. The zero-order valence-corrected chi connectivity index (χ0v) is 21.9. The molecule has 0 aliphatic rings. The van der Waals surface area contributed by atoms with Gasteiger partial charge in [0.15, 0.2) is 0 Å². The highest BCUT2D eigenvalue weighted by Gasteiger charge is 2.26. The first kappa shape index (κ1) is 26.5. The van der Waals surface area contributed by atoms with Crippen molar-refractivity contribution in [3.63, 3.8) is 0 Å². The van der Waals surface area contributed by atoms with Gasteiger partial charge in [-0.2, -0.15) is 5.26 Å². The summed E-state index contributed by atoms with van der Waals surface area (Å²) in [6.45, 7) is 10.7. The number of hydrogen-bond acceptors (Lipinski definition) is 2. The van der Waals surface area contributed by atoms with Crippen LogP contribution >= 0.6 is 0 Å². The molecule has 0 heterocycles. The van der Waals surface area contributed by atoms with Crippen molar-refractivity contribution in [2.45, 2.75) is 70.3 Å². The highest BCUT2D eigenvalue weighted by atomic mass is 14.9. The summed E-state index contributed by atoms with van der Waals surface area (Å²) in [5, 5.41) is 12.7. The second-order valence-corrected chi connectivity index (χ2v) is 10.0. The molecule has 3 rings (SSSR count). The second kappa shape index (κ2) is 12.5. The van der Waals surface area contributed by atoms with Crippen molar-refractivity contribution in [2.24, 2.45) is 0 Å². The topological polar surface area (TPSA) is 35.8 Å². The zero-order valence-electron chi connectivity index (χ0n) is 21.9. The number of nitrogens with one attached hydrogen (secondary N) is 1. The highest BCUT2D eigenvalue weighted by Crippen LogP contribution is 2.30. The summed E-state index contributed by atoms with van der Waals surface area (Å²) in [5.74, 6) is 0.812. The van der Waals surface area contributed by atoms with Crippen LogP contribution in [0.4, 0.5) is 0 Å². The van der Waals surface area contributed by atoms with Crippen LogP contribution in [-0.2, 0) is 12.8 Å². The van der Waals surface area contributed by atoms with Crippen molar-refractivity contribution in [1.29, 1.82) is 5.26 Å². The lowest BCUT2D eigenvalue weighted by Gasteiger charge is -2.30. The monoisotopic (exact) mass is 464 g/mol. The predicted octanol–water partition coefficient (Wildman–Crippen LogP) is 7.87. The summed E-state index contributed by atoms with van der Waals surface area (Å²) in [6, 6.07) is 29.1. The summed E-state index contributed by atoms with van der Waals surface area (Å²) < 4.78 is 0. The smallest absolute Gasteiger partial charge is 0.0641 e. The largest absolute Gasteiger partial charge is 0.313 e. The lowest BCUT2D eigenvalue weighted by Crippen LogP contribution is -2.42. The van der Waals surface area contributed by atoms with E-state index in [-0.39, 0.29) is 5.54 Å². The van der Waals surface area contributed by atoms with E-state index in [9.17, 15) is 5.26 Å². The maximum Gasteiger partial charge on any atom is 0.0641 e. The molecule has 0 amide bonds. The molecule has 3 aromatic rings. The van der Waals surface area contributed by atoms with Gasteiger partial charge >= 0.3 is 0 Å². The van der Waals surface area contributed by atoms with Crippen LogP contribution in [0.25, 0.3) is 0 Å². The Hall–Kier alpha value is -3.15. The van der Waals surface area contributed by atoms with Gasteiger partial charge in [-0.1, -0.05) is 92.7 Å². The molecular formula is C33H40N2. The van der Waals surface area contributed by atoms with Crippen molar-refractivity contribution < 1.29 is 0 Å². The molecule has 1 N–H and O–H groups in total. The number of nitrogens with zero attached hydrogens (tertiary/aromatic N) is 1. The van der Waals surface area contributed by atoms with Gasteiger partial charge in [0.25, 0.3) is 0 Å². The Kier molecular flexibility index (Phi) is 9.47. The summed E-state index contributed by atoms with van der Waals surface area (Å²) >= 11 is 0. The third-order valence-electron chi connectivity index (χ3n) is 7.59. The van der Waals surface area contributed by atoms with Crippen LogP contribution < -0.4 is 5.32 Å². The molecule has 3 atom stereocenters. The first-order chi connectivity index (χ1) is 16.9. The van der Waals surface area contributed by atoms with E-state index in [1.54, 1.807) is 0 Å². The van der Waals surface area contributed by atoms with Crippen LogP contribution in [0.1, 0.15) is 78.3 Å². The average molecular weight is 465 g/mol. The molecule has 182 valence electrons. The number of aryl methyl sites for hydroxylation is 2. The fourth-order valence-electron chi connectivity index (χ4n) is 5.06. The fourth-order valence-corrected chi connectivity index (χ4v) is 5.06. The van der Waals surface area contributed by atoms with Crippen molar-refractivity contribution in [2.75, 3.05) is 7.05 Å². The Morgan fingerprint density at radius 1 is 0.971 bits per heavy atom. The van der Waals surface area contributed by atoms with E-state index in [2.05, 4.69) is 112 Å². The molecule has 3 aromatic carbocycles. The molecule has 3 unspecified atom stereocenters. The van der Waals surface area contributed by atoms with Crippen LogP contribution in [0.2, 0.25) is 0 Å². The van der Waals surface area contributed by atoms with Crippen molar-refractivity contribution >= 4 is 0 Å². The van der Waals surface area contributed by atoms with Gasteiger partial charge < -0.3 is 5.32 Å². The molecule has 0 bridgehead atoms. The standard InChI is InChI=1S/C33H40N2/c1-6-18-33(35-5,20-21-34)19-17-29-15-16-32(23-26(29)3)27(4)31-14-10-13-30(24-31)25(2)22-28-11-8-7-9-12-28/h6-16,23-25,27,35H,1,17-20,22H2,2-5H3. The van der Waals surface area contributed by atoms with Gasteiger partial charge in [0, 0.05) is 11.5 Å². The molecule has 35 heavy (non-hydrogen) atoms. The first-order valence-electron chi connectivity index (χ1n) is 12.8. The van der Waals surface area contributed by atoms with Crippen LogP contribution in [0.5, 0.6) is 0 Å². The number of nitriles is 1. The molecule has 2 nitrogen and oxygen atoms in total. The molecule has 0 saturated carbocycles. The third-order valence-corrected chi connectivity index (χ3v) is 7.59. The summed E-state index contributed by atoms with van der Waals surface area (Å²) in [5.41, 5.74) is 7.97. The molecule has 2 heteroatoms. The van der Waals surface area contributed by atoms with E-state index in [0.717, 1.165) is 25.7 Å². The van der Waals surface area contributed by atoms with E-state index in [1.165, 1.54) is 33.4 Å². The molecule has 0 fully saturated rings. The van der Waals surface area contributed by atoms with Gasteiger partial charge in [-0.25, -0.2) is 0 Å². The minimum atomic E-state index is -0.203. The van der Waals surface area contributed by atoms with E-state index in [1.807, 2.05) is 13.1 Å². The maximum atomic E-state index is 9.32. The molecule has 0 radical (unpaired) electrons. The van der Waals surface area contributed by atoms with E-state index < -0.39 is 0 Å². The Balaban J connectivity index is 1.73. The van der Waals surface area contributed by atoms with Crippen LogP contribution in [-0.4, -0.2) is 12.6 Å². The van der Waals surface area contributed by atoms with Gasteiger partial charge in [0.1, 0.15) is 0 Å². The Morgan fingerprint density at radius 3 is 2.34 bits per heavy atom. The molecule has 0 aromatic heterocycles. The Bertz CT molecular complexity index is 1140. The Morgan fingerprint density at radius 2 is 1.69 bits per heavy atom. The van der Waals surface area contributed by atoms with Crippen LogP contribution in [0, 0.1) is 18.3 Å². The lowest BCUT2D eigenvalue weighted by molar-refractivity contribution is 0.333. The quantitative estimate of drug-likeness (QED) is 0.277. The predicted molar refractivity (Wildman–Crippen MR) is 149 cm³/mol. The molecule has 0 aliphatic heterocycles. The van der Waals surface area contributed by atoms with E-state index >= 15 is 0 Å². The summed E-state index contributed by atoms with van der Waals surface area (Å²) in [7, 11) is 1.95. The third kappa shape index (κ3) is 6.93. The average Bonchev–Trinajstić information content (AvgIpc) is 2.88. The minimum Gasteiger partial charge on any atom is -0.313 e. The number of benzene rings is 3. The van der Waals surface area contributed by atoms with Crippen molar-refractivity contribution in [3.05, 3.63) is 119 Å². The molecule has 0 spiro atoms. The fraction of sp³-hybridized carbons (Fsp3) is 0.364. The van der Waals surface area contributed by atoms with Gasteiger partial charge in [-0.3, -0.25) is 0 Å². The minimum absolute atomic E-state index is 0.203. The molecular weight excluding hydrogens is 424 g/mol. The Labute approximate surface area is 212 Å². The number of rotatable bonds is 12. The normalized spacial score (nSPS) is 14.5. The van der Waals surface area contributed by atoms with Gasteiger partial charge in [0.2, 0.25) is 0 Å². The van der Waals surface area contributed by atoms with Gasteiger partial charge in [0.05, 0.1) is 12.5 Å². The highest BCUT2D eigenvalue weighted by molar-refractivity contribution is 5.39. The van der Waals surface area contributed by atoms with Crippen LogP contribution in [0.3, 0.4) is 0 Å². The lowest BCUT2D eigenvalue weighted by atomic mass is 9.83. The van der Waals surface area contributed by atoms with Crippen LogP contribution in [0.15, 0.2) is 85.5 Å². The van der Waals surface area contributed by atoms with E-state index in [4.69, 9.17) is 0 Å². The molecule has 0 saturated heterocycles. The molecule has 0 aliphatic carbocycles.